The van der Waals surface area contributed by atoms with Crippen LogP contribution in [0.1, 0.15) is 77.0 Å². The highest BCUT2D eigenvalue weighted by atomic mass is 31.1. The van der Waals surface area contributed by atoms with Gasteiger partial charge < -0.3 is 0 Å². The average molecular weight is 839 g/mol. The van der Waals surface area contributed by atoms with Gasteiger partial charge in [0.25, 0.3) is 0 Å². The van der Waals surface area contributed by atoms with Crippen LogP contribution in [0.15, 0.2) is 182 Å². The predicted octanol–water partition coefficient (Wildman–Crippen LogP) is 13.5. The van der Waals surface area contributed by atoms with Gasteiger partial charge in [-0.25, -0.2) is 0 Å². The highest BCUT2D eigenvalue weighted by Gasteiger charge is 2.16. The first-order chi connectivity index (χ1) is 28.8. The smallest absolute Gasteiger partial charge is 0.0195 e. The Hall–Kier alpha value is -2.96. The van der Waals surface area contributed by atoms with Crippen molar-refractivity contribution < 1.29 is 0 Å². The lowest BCUT2D eigenvalue weighted by atomic mass is 10.2. The van der Waals surface area contributed by atoms with Crippen LogP contribution >= 0.6 is 31.7 Å². The third-order valence-electron chi connectivity index (χ3n) is 11.2. The average Bonchev–Trinajstić information content (AvgIpc) is 3.29. The van der Waals surface area contributed by atoms with E-state index in [1.54, 1.807) is 0 Å². The molecule has 0 fully saturated rings. The second-order valence-corrected chi connectivity index (χ2v) is 25.2. The van der Waals surface area contributed by atoms with Crippen LogP contribution in [-0.4, -0.2) is 37.0 Å². The maximum absolute atomic E-state index is 2.35. The Morgan fingerprint density at radius 1 is 0.190 bits per heavy atom. The van der Waals surface area contributed by atoms with E-state index in [1.165, 1.54) is 146 Å². The maximum Gasteiger partial charge on any atom is -0.0195 e. The van der Waals surface area contributed by atoms with Gasteiger partial charge in [-0.3, -0.25) is 0 Å². The molecule has 6 aromatic carbocycles. The fourth-order valence-electron chi connectivity index (χ4n) is 8.08. The molecule has 0 aliphatic rings. The lowest BCUT2D eigenvalue weighted by Crippen LogP contribution is -2.13. The van der Waals surface area contributed by atoms with Gasteiger partial charge in [0.15, 0.2) is 0 Å². The Morgan fingerprint density at radius 2 is 0.362 bits per heavy atom. The molecule has 4 heteroatoms. The molecular formula is C54H66P4. The van der Waals surface area contributed by atoms with E-state index >= 15 is 0 Å². The molecule has 0 saturated carbocycles. The zero-order valence-electron chi connectivity index (χ0n) is 34.8. The minimum absolute atomic E-state index is 0.135. The number of rotatable bonds is 27. The SMILES string of the molecule is c1ccc(P(CCCCCCP(CCCCCCP(c2ccccc2)c2ccccc2)CCCCCCP(c2ccccc2)c2ccccc2)c2ccccc2)cc1. The quantitative estimate of drug-likeness (QED) is 0.0358. The molecule has 0 amide bonds. The highest BCUT2D eigenvalue weighted by molar-refractivity contribution is 7.73. The fraction of sp³-hybridized carbons (Fsp3) is 0.333. The maximum atomic E-state index is 2.35. The lowest BCUT2D eigenvalue weighted by Gasteiger charge is -2.20. The third-order valence-corrected chi connectivity index (χ3v) is 21.9. The fourth-order valence-corrected chi connectivity index (χ4v) is 18.0. The van der Waals surface area contributed by atoms with Crippen molar-refractivity contribution in [2.24, 2.45) is 0 Å². The molecule has 0 nitrogen and oxygen atoms in total. The number of hydrogen-bond donors (Lipinski definition) is 0. The summed E-state index contributed by atoms with van der Waals surface area (Å²) in [6.45, 7) is 0. The summed E-state index contributed by atoms with van der Waals surface area (Å²) < 4.78 is 0. The molecule has 0 atom stereocenters. The van der Waals surface area contributed by atoms with Crippen LogP contribution in [0.5, 0.6) is 0 Å². The van der Waals surface area contributed by atoms with Crippen LogP contribution in [-0.2, 0) is 0 Å². The molecule has 0 spiro atoms. The monoisotopic (exact) mass is 838 g/mol. The zero-order valence-corrected chi connectivity index (χ0v) is 38.4. The van der Waals surface area contributed by atoms with E-state index in [0.29, 0.717) is 0 Å². The summed E-state index contributed by atoms with van der Waals surface area (Å²) in [4.78, 5) is 0. The Balaban J connectivity index is 0.949. The predicted molar refractivity (Wildman–Crippen MR) is 269 cm³/mol. The molecule has 0 N–H and O–H groups in total. The summed E-state index contributed by atoms with van der Waals surface area (Å²) in [5.74, 6) is 0. The van der Waals surface area contributed by atoms with Crippen molar-refractivity contribution >= 4 is 63.5 Å². The second-order valence-electron chi connectivity index (χ2n) is 15.6. The van der Waals surface area contributed by atoms with Crippen LogP contribution in [0.3, 0.4) is 0 Å². The van der Waals surface area contributed by atoms with E-state index in [-0.39, 0.29) is 31.7 Å². The Bertz CT molecular complexity index is 1540. The van der Waals surface area contributed by atoms with Gasteiger partial charge in [-0.05, 0) is 131 Å². The molecule has 6 rings (SSSR count). The first-order valence-corrected chi connectivity index (χ1v) is 28.7. The van der Waals surface area contributed by atoms with Gasteiger partial charge in [-0.15, -0.1) is 7.92 Å². The van der Waals surface area contributed by atoms with E-state index in [1.807, 2.05) is 0 Å². The van der Waals surface area contributed by atoms with E-state index in [2.05, 4.69) is 182 Å². The molecule has 58 heavy (non-hydrogen) atoms. The number of benzene rings is 6. The van der Waals surface area contributed by atoms with E-state index in [0.717, 1.165) is 0 Å². The third kappa shape index (κ3) is 15.6. The Labute approximate surface area is 357 Å². The molecule has 0 saturated heterocycles. The van der Waals surface area contributed by atoms with Gasteiger partial charge >= 0.3 is 0 Å². The van der Waals surface area contributed by atoms with Crippen LogP contribution < -0.4 is 31.8 Å². The summed E-state index contributed by atoms with van der Waals surface area (Å²) >= 11 is 0. The van der Waals surface area contributed by atoms with Crippen molar-refractivity contribution in [1.29, 1.82) is 0 Å². The molecular weight excluding hydrogens is 772 g/mol. The molecule has 0 heterocycles. The van der Waals surface area contributed by atoms with Crippen molar-refractivity contribution in [2.75, 3.05) is 37.0 Å². The normalized spacial score (nSPS) is 11.6. The summed E-state index contributed by atoms with van der Waals surface area (Å²) in [5, 5.41) is 9.17. The largest absolute Gasteiger partial charge is 0.107 e. The van der Waals surface area contributed by atoms with E-state index in [9.17, 15) is 0 Å². The van der Waals surface area contributed by atoms with Gasteiger partial charge in [-0.1, -0.05) is 221 Å². The molecule has 0 aromatic heterocycles. The van der Waals surface area contributed by atoms with Gasteiger partial charge in [0.1, 0.15) is 0 Å². The van der Waals surface area contributed by atoms with Crippen molar-refractivity contribution in [3.63, 3.8) is 0 Å². The Kier molecular flexibility index (Phi) is 20.8. The molecule has 0 aliphatic carbocycles. The summed E-state index contributed by atoms with van der Waals surface area (Å²) in [6, 6.07) is 67.8. The van der Waals surface area contributed by atoms with Crippen molar-refractivity contribution in [3.8, 4) is 0 Å². The molecule has 302 valence electrons. The van der Waals surface area contributed by atoms with Gasteiger partial charge in [-0.2, -0.15) is 0 Å². The zero-order chi connectivity index (χ0) is 39.7. The lowest BCUT2D eigenvalue weighted by molar-refractivity contribution is 0.690. The van der Waals surface area contributed by atoms with Crippen LogP contribution in [0, 0.1) is 0 Å². The van der Waals surface area contributed by atoms with Gasteiger partial charge in [0, 0.05) is 0 Å². The molecule has 0 aliphatic heterocycles. The first-order valence-electron chi connectivity index (χ1n) is 22.2. The van der Waals surface area contributed by atoms with Crippen molar-refractivity contribution in [1.82, 2.24) is 0 Å². The van der Waals surface area contributed by atoms with Crippen LogP contribution in [0.2, 0.25) is 0 Å². The molecule has 0 unspecified atom stereocenters. The van der Waals surface area contributed by atoms with Crippen molar-refractivity contribution in [2.45, 2.75) is 77.0 Å². The molecule has 0 bridgehead atoms. The van der Waals surface area contributed by atoms with Crippen molar-refractivity contribution in [3.05, 3.63) is 182 Å². The van der Waals surface area contributed by atoms with Crippen LogP contribution in [0.4, 0.5) is 0 Å². The summed E-state index contributed by atoms with van der Waals surface area (Å²) in [7, 11) is -0.665. The van der Waals surface area contributed by atoms with Gasteiger partial charge in [0.2, 0.25) is 0 Å². The summed E-state index contributed by atoms with van der Waals surface area (Å²) in [5.41, 5.74) is 0. The standard InChI is InChI=1S/C54H66P4/c1(4-28-46-56(49-31-13-7-14-32-49)50-33-15-8-16-34-50)25-43-55(44-26-2-5-29-47-57(51-35-17-9-18-36-51)52-37-19-10-20-38-52)45-27-3-6-30-48-58(53-39-21-11-22-40-53)54-41-23-12-24-42-54/h7-24,31-42H,1-6,25-30,43-48H2. The second kappa shape index (κ2) is 27.0. The number of hydrogen-bond acceptors (Lipinski definition) is 0. The first kappa shape index (κ1) is 44.6. The number of unbranched alkanes of at least 4 members (excludes halogenated alkanes) is 9. The van der Waals surface area contributed by atoms with Crippen LogP contribution in [0.25, 0.3) is 0 Å². The Morgan fingerprint density at radius 3 is 0.552 bits per heavy atom. The topological polar surface area (TPSA) is 0 Å². The highest BCUT2D eigenvalue weighted by Crippen LogP contribution is 2.41. The molecule has 0 radical (unpaired) electrons. The summed E-state index contributed by atoms with van der Waals surface area (Å²) in [6.07, 6.45) is 25.0. The van der Waals surface area contributed by atoms with E-state index < -0.39 is 0 Å². The van der Waals surface area contributed by atoms with Gasteiger partial charge in [0.05, 0.1) is 0 Å². The molecule has 6 aromatic rings. The van der Waals surface area contributed by atoms with E-state index in [4.69, 9.17) is 0 Å². The minimum atomic E-state index is -0.267. The minimum Gasteiger partial charge on any atom is -0.107 e.